The molecule has 0 spiro atoms. The highest BCUT2D eigenvalue weighted by Crippen LogP contribution is 2.28. The van der Waals surface area contributed by atoms with Crippen LogP contribution in [0.25, 0.3) is 0 Å². The van der Waals surface area contributed by atoms with E-state index in [9.17, 15) is 0 Å². The molecule has 0 aromatic heterocycles. The largest absolute Gasteiger partial charge is 0.488 e. The van der Waals surface area contributed by atoms with Crippen molar-refractivity contribution >= 4 is 27.5 Å². The van der Waals surface area contributed by atoms with E-state index < -0.39 is 0 Å². The minimum atomic E-state index is 0.539. The molecule has 0 unspecified atom stereocenters. The first-order valence-electron chi connectivity index (χ1n) is 5.99. The van der Waals surface area contributed by atoms with Crippen LogP contribution in [0.15, 0.2) is 46.9 Å². The molecule has 0 radical (unpaired) electrons. The molecule has 2 aromatic carbocycles. The lowest BCUT2D eigenvalue weighted by atomic mass is 10.1. The topological polar surface area (TPSA) is 21.3 Å². The van der Waals surface area contributed by atoms with E-state index in [1.807, 2.05) is 31.3 Å². The van der Waals surface area contributed by atoms with Crippen molar-refractivity contribution in [2.24, 2.45) is 0 Å². The van der Waals surface area contributed by atoms with Gasteiger partial charge in [-0.2, -0.15) is 0 Å². The molecule has 0 saturated carbocycles. The lowest BCUT2D eigenvalue weighted by Crippen LogP contribution is -2.05. The zero-order valence-corrected chi connectivity index (χ0v) is 13.0. The molecule has 0 fully saturated rings. The number of hydrogen-bond acceptors (Lipinski definition) is 2. The van der Waals surface area contributed by atoms with Crippen molar-refractivity contribution < 1.29 is 4.74 Å². The normalized spacial score (nSPS) is 10.5. The average Bonchev–Trinajstić information content (AvgIpc) is 2.38. The molecule has 2 nitrogen and oxygen atoms in total. The molecule has 0 bridgehead atoms. The Morgan fingerprint density at radius 1 is 1.16 bits per heavy atom. The fourth-order valence-electron chi connectivity index (χ4n) is 1.79. The first-order chi connectivity index (χ1) is 9.19. The van der Waals surface area contributed by atoms with Crippen LogP contribution in [0.5, 0.6) is 5.75 Å². The molecule has 0 heterocycles. The Bertz CT molecular complexity index is 560. The van der Waals surface area contributed by atoms with Gasteiger partial charge in [0.05, 0.1) is 4.47 Å². The Balaban J connectivity index is 2.03. The van der Waals surface area contributed by atoms with Crippen LogP contribution < -0.4 is 10.1 Å². The zero-order valence-electron chi connectivity index (χ0n) is 10.6. The summed E-state index contributed by atoms with van der Waals surface area (Å²) in [6.45, 7) is 1.40. The molecule has 2 rings (SSSR count). The summed E-state index contributed by atoms with van der Waals surface area (Å²) in [5, 5.41) is 3.83. The minimum absolute atomic E-state index is 0.539. The van der Waals surface area contributed by atoms with Gasteiger partial charge in [0.2, 0.25) is 0 Å². The van der Waals surface area contributed by atoms with Crippen LogP contribution in [-0.4, -0.2) is 7.05 Å². The van der Waals surface area contributed by atoms with Crippen LogP contribution in [0.4, 0.5) is 0 Å². The lowest BCUT2D eigenvalue weighted by Gasteiger charge is -2.09. The Kier molecular flexibility index (Phi) is 5.25. The molecule has 0 aliphatic carbocycles. The maximum Gasteiger partial charge on any atom is 0.134 e. The van der Waals surface area contributed by atoms with Crippen molar-refractivity contribution in [3.63, 3.8) is 0 Å². The van der Waals surface area contributed by atoms with Gasteiger partial charge < -0.3 is 10.1 Å². The summed E-state index contributed by atoms with van der Waals surface area (Å²) in [6.07, 6.45) is 0. The van der Waals surface area contributed by atoms with Gasteiger partial charge in [0.1, 0.15) is 12.4 Å². The van der Waals surface area contributed by atoms with Crippen molar-refractivity contribution in [2.45, 2.75) is 13.2 Å². The molecule has 2 aromatic rings. The predicted octanol–water partition coefficient (Wildman–Crippen LogP) is 4.40. The monoisotopic (exact) mass is 339 g/mol. The van der Waals surface area contributed by atoms with Gasteiger partial charge in [-0.1, -0.05) is 35.9 Å². The van der Waals surface area contributed by atoms with Gasteiger partial charge >= 0.3 is 0 Å². The van der Waals surface area contributed by atoms with E-state index in [2.05, 4.69) is 39.4 Å². The van der Waals surface area contributed by atoms with Gasteiger partial charge in [-0.15, -0.1) is 0 Å². The second-order valence-electron chi connectivity index (χ2n) is 4.21. The van der Waals surface area contributed by atoms with Crippen LogP contribution in [-0.2, 0) is 13.2 Å². The van der Waals surface area contributed by atoms with Crippen molar-refractivity contribution in [3.8, 4) is 5.75 Å². The summed E-state index contributed by atoms with van der Waals surface area (Å²) in [5.41, 5.74) is 2.40. The summed E-state index contributed by atoms with van der Waals surface area (Å²) in [4.78, 5) is 0. The van der Waals surface area contributed by atoms with E-state index in [1.54, 1.807) is 0 Å². The third-order valence-corrected chi connectivity index (χ3v) is 3.52. The number of halogens is 2. The molecule has 4 heteroatoms. The molecule has 1 N–H and O–H groups in total. The van der Waals surface area contributed by atoms with E-state index in [0.717, 1.165) is 22.3 Å². The van der Waals surface area contributed by atoms with Gasteiger partial charge in [-0.05, 0) is 52.3 Å². The second-order valence-corrected chi connectivity index (χ2v) is 5.50. The van der Waals surface area contributed by atoms with Crippen LogP contribution in [0.3, 0.4) is 0 Å². The third-order valence-electron chi connectivity index (χ3n) is 2.66. The number of ether oxygens (including phenoxy) is 1. The highest BCUT2D eigenvalue weighted by atomic mass is 79.9. The molecule has 0 amide bonds. The summed E-state index contributed by atoms with van der Waals surface area (Å²) in [7, 11) is 1.94. The zero-order chi connectivity index (χ0) is 13.7. The first kappa shape index (κ1) is 14.4. The highest BCUT2D eigenvalue weighted by molar-refractivity contribution is 9.10. The Morgan fingerprint density at radius 3 is 2.68 bits per heavy atom. The van der Waals surface area contributed by atoms with E-state index in [0.29, 0.717) is 11.6 Å². The summed E-state index contributed by atoms with van der Waals surface area (Å²) < 4.78 is 6.65. The van der Waals surface area contributed by atoms with Crippen LogP contribution >= 0.6 is 27.5 Å². The van der Waals surface area contributed by atoms with Gasteiger partial charge in [-0.3, -0.25) is 0 Å². The number of benzene rings is 2. The standard InChI is InChI=1S/C15H15BrClNO/c1-18-9-11-3-2-4-12(7-11)10-19-15-6-5-13(17)8-14(15)16/h2-8,18H,9-10H2,1H3. The summed E-state index contributed by atoms with van der Waals surface area (Å²) in [5.74, 6) is 0.795. The smallest absolute Gasteiger partial charge is 0.134 e. The fourth-order valence-corrected chi connectivity index (χ4v) is 2.58. The maximum absolute atomic E-state index is 5.90. The Hall–Kier alpha value is -1.03. The summed E-state index contributed by atoms with van der Waals surface area (Å²) >= 11 is 9.34. The van der Waals surface area contributed by atoms with Crippen molar-refractivity contribution in [1.82, 2.24) is 5.32 Å². The maximum atomic E-state index is 5.90. The van der Waals surface area contributed by atoms with Crippen LogP contribution in [0, 0.1) is 0 Å². The fraction of sp³-hybridized carbons (Fsp3) is 0.200. The molecule has 0 atom stereocenters. The molecular weight excluding hydrogens is 326 g/mol. The molecule has 0 aliphatic rings. The molecular formula is C15H15BrClNO. The van der Waals surface area contributed by atoms with Gasteiger partial charge in [0, 0.05) is 11.6 Å². The van der Waals surface area contributed by atoms with Crippen molar-refractivity contribution in [2.75, 3.05) is 7.05 Å². The quantitative estimate of drug-likeness (QED) is 0.871. The molecule has 0 aliphatic heterocycles. The highest BCUT2D eigenvalue weighted by Gasteiger charge is 2.03. The minimum Gasteiger partial charge on any atom is -0.488 e. The molecule has 0 saturated heterocycles. The average molecular weight is 341 g/mol. The Morgan fingerprint density at radius 2 is 1.95 bits per heavy atom. The van der Waals surface area contributed by atoms with E-state index >= 15 is 0 Å². The Labute approximate surface area is 126 Å². The number of hydrogen-bond donors (Lipinski definition) is 1. The van der Waals surface area contributed by atoms with E-state index in [-0.39, 0.29) is 0 Å². The SMILES string of the molecule is CNCc1cccc(COc2ccc(Cl)cc2Br)c1. The van der Waals surface area contributed by atoms with Crippen molar-refractivity contribution in [1.29, 1.82) is 0 Å². The van der Waals surface area contributed by atoms with E-state index in [4.69, 9.17) is 16.3 Å². The second kappa shape index (κ2) is 6.94. The van der Waals surface area contributed by atoms with E-state index in [1.165, 1.54) is 5.56 Å². The van der Waals surface area contributed by atoms with Crippen molar-refractivity contribution in [3.05, 3.63) is 63.1 Å². The van der Waals surface area contributed by atoms with Crippen LogP contribution in [0.1, 0.15) is 11.1 Å². The number of nitrogens with one attached hydrogen (secondary N) is 1. The van der Waals surface area contributed by atoms with Gasteiger partial charge in [-0.25, -0.2) is 0 Å². The van der Waals surface area contributed by atoms with Gasteiger partial charge in [0.15, 0.2) is 0 Å². The molecule has 100 valence electrons. The predicted molar refractivity (Wildman–Crippen MR) is 82.7 cm³/mol. The summed E-state index contributed by atoms with van der Waals surface area (Å²) in [6, 6.07) is 13.8. The number of rotatable bonds is 5. The van der Waals surface area contributed by atoms with Crippen LogP contribution in [0.2, 0.25) is 5.02 Å². The first-order valence-corrected chi connectivity index (χ1v) is 7.16. The van der Waals surface area contributed by atoms with Gasteiger partial charge in [0.25, 0.3) is 0 Å². The third kappa shape index (κ3) is 4.23. The lowest BCUT2D eigenvalue weighted by molar-refractivity contribution is 0.304. The molecule has 19 heavy (non-hydrogen) atoms.